The summed E-state index contributed by atoms with van der Waals surface area (Å²) in [7, 11) is 0. The van der Waals surface area contributed by atoms with Crippen LogP contribution in [0.15, 0.2) is 218 Å². The largest absolute Gasteiger partial charge is 0.309 e. The molecular formula is C66H48N2. The number of hydrogen-bond donors (Lipinski definition) is 0. The van der Waals surface area contributed by atoms with E-state index in [9.17, 15) is 0 Å². The van der Waals surface area contributed by atoms with Crippen LogP contribution in [0.3, 0.4) is 0 Å². The van der Waals surface area contributed by atoms with Gasteiger partial charge in [-0.15, -0.1) is 0 Å². The Bertz CT molecular complexity index is 4000. The van der Waals surface area contributed by atoms with Gasteiger partial charge in [-0.25, -0.2) is 0 Å². The number of fused-ring (bicyclic) bond motifs is 12. The molecule has 1 atom stereocenters. The summed E-state index contributed by atoms with van der Waals surface area (Å²) in [6.07, 6.45) is 1.08. The van der Waals surface area contributed by atoms with Crippen molar-refractivity contribution >= 4 is 43.6 Å². The van der Waals surface area contributed by atoms with E-state index in [2.05, 4.69) is 248 Å². The fourth-order valence-corrected chi connectivity index (χ4v) is 12.2. The molecule has 0 saturated carbocycles. The van der Waals surface area contributed by atoms with Crippen molar-refractivity contribution in [3.8, 4) is 67.0 Å². The summed E-state index contributed by atoms with van der Waals surface area (Å²) in [5.74, 6) is 0.408. The first-order chi connectivity index (χ1) is 33.4. The zero-order chi connectivity index (χ0) is 45.3. The summed E-state index contributed by atoms with van der Waals surface area (Å²) in [5, 5.41) is 5.16. The maximum Gasteiger partial charge on any atom is 0.0547 e. The predicted octanol–water partition coefficient (Wildman–Crippen LogP) is 17.7. The second kappa shape index (κ2) is 14.6. The van der Waals surface area contributed by atoms with E-state index in [4.69, 9.17) is 0 Å². The van der Waals surface area contributed by atoms with Crippen LogP contribution in [0.25, 0.3) is 111 Å². The summed E-state index contributed by atoms with van der Waals surface area (Å²) < 4.78 is 4.98. The van der Waals surface area contributed by atoms with Gasteiger partial charge in [-0.2, -0.15) is 0 Å². The van der Waals surface area contributed by atoms with Gasteiger partial charge >= 0.3 is 0 Å². The first-order valence-electron chi connectivity index (χ1n) is 24.2. The van der Waals surface area contributed by atoms with Gasteiger partial charge in [0.1, 0.15) is 0 Å². The van der Waals surface area contributed by atoms with E-state index in [0.717, 1.165) is 17.8 Å². The highest BCUT2D eigenvalue weighted by molar-refractivity contribution is 6.13. The fourth-order valence-electron chi connectivity index (χ4n) is 12.2. The van der Waals surface area contributed by atoms with E-state index in [0.29, 0.717) is 5.92 Å². The quantitative estimate of drug-likeness (QED) is 0.158. The molecule has 0 fully saturated rings. The Balaban J connectivity index is 0.896. The lowest BCUT2D eigenvalue weighted by atomic mass is 9.82. The zero-order valence-electron chi connectivity index (χ0n) is 38.5. The molecule has 10 aromatic carbocycles. The average molecular weight is 869 g/mol. The maximum atomic E-state index is 2.50. The summed E-state index contributed by atoms with van der Waals surface area (Å²) in [4.78, 5) is 0. The smallest absolute Gasteiger partial charge is 0.0547 e. The number of aromatic nitrogens is 2. The molecule has 322 valence electrons. The van der Waals surface area contributed by atoms with Gasteiger partial charge in [0, 0.05) is 44.3 Å². The molecule has 2 heterocycles. The average Bonchev–Trinajstić information content (AvgIpc) is 4.07. The molecular weight excluding hydrogens is 821 g/mol. The van der Waals surface area contributed by atoms with Crippen molar-refractivity contribution in [1.29, 1.82) is 0 Å². The molecule has 12 aromatic rings. The molecule has 0 aliphatic heterocycles. The first-order valence-corrected chi connectivity index (χ1v) is 24.2. The minimum Gasteiger partial charge on any atom is -0.309 e. The van der Waals surface area contributed by atoms with Crippen LogP contribution < -0.4 is 0 Å². The van der Waals surface area contributed by atoms with Crippen LogP contribution in [0.1, 0.15) is 55.4 Å². The highest BCUT2D eigenvalue weighted by Gasteiger charge is 2.36. The third-order valence-corrected chi connectivity index (χ3v) is 15.6. The summed E-state index contributed by atoms with van der Waals surface area (Å²) in [6, 6.07) is 81.9. The van der Waals surface area contributed by atoms with Crippen LogP contribution in [0, 0.1) is 0 Å². The van der Waals surface area contributed by atoms with Crippen molar-refractivity contribution in [2.24, 2.45) is 0 Å². The van der Waals surface area contributed by atoms with Crippen molar-refractivity contribution in [2.75, 3.05) is 0 Å². The van der Waals surface area contributed by atoms with Crippen LogP contribution >= 0.6 is 0 Å². The van der Waals surface area contributed by atoms with E-state index in [1.54, 1.807) is 0 Å². The van der Waals surface area contributed by atoms with Gasteiger partial charge in [-0.05, 0) is 145 Å². The molecule has 0 N–H and O–H groups in total. The molecule has 2 aliphatic carbocycles. The fraction of sp³-hybridized carbons (Fsp3) is 0.0909. The Morgan fingerprint density at radius 2 is 0.794 bits per heavy atom. The Morgan fingerprint density at radius 1 is 0.338 bits per heavy atom. The molecule has 14 rings (SSSR count). The van der Waals surface area contributed by atoms with E-state index in [1.165, 1.54) is 122 Å². The van der Waals surface area contributed by atoms with Crippen LogP contribution in [-0.2, 0) is 5.41 Å². The second-order valence-electron chi connectivity index (χ2n) is 19.6. The highest BCUT2D eigenvalue weighted by Crippen LogP contribution is 2.52. The molecule has 2 nitrogen and oxygen atoms in total. The van der Waals surface area contributed by atoms with E-state index in [-0.39, 0.29) is 5.41 Å². The molecule has 68 heavy (non-hydrogen) atoms. The van der Waals surface area contributed by atoms with Gasteiger partial charge in [0.2, 0.25) is 0 Å². The van der Waals surface area contributed by atoms with E-state index in [1.807, 2.05) is 0 Å². The predicted molar refractivity (Wildman–Crippen MR) is 287 cm³/mol. The summed E-state index contributed by atoms with van der Waals surface area (Å²) in [5.41, 5.74) is 25.5. The van der Waals surface area contributed by atoms with Gasteiger partial charge in [0.15, 0.2) is 0 Å². The highest BCUT2D eigenvalue weighted by atomic mass is 15.0. The molecule has 2 aromatic heterocycles. The Morgan fingerprint density at radius 3 is 1.37 bits per heavy atom. The van der Waals surface area contributed by atoms with Crippen LogP contribution in [0.5, 0.6) is 0 Å². The van der Waals surface area contributed by atoms with Gasteiger partial charge in [0.25, 0.3) is 0 Å². The SMILES string of the molecule is CCC1c2ccccc2-c2cc3c(cc21)c1ccc(-c2ccccc2)cc1n3-c1ccc(-c2ccc(-n3c4cc(-c5ccccc5)ccc4c4cc5c(cc43)-c3ccccc3C5(C)C)cc2)cc1. The number of hydrogen-bond acceptors (Lipinski definition) is 0. The minimum absolute atomic E-state index is 0.0765. The van der Waals surface area contributed by atoms with Crippen molar-refractivity contribution in [3.63, 3.8) is 0 Å². The Labute approximate surface area is 397 Å². The van der Waals surface area contributed by atoms with Crippen LogP contribution in [0.2, 0.25) is 0 Å². The van der Waals surface area contributed by atoms with Crippen molar-refractivity contribution in [3.05, 3.63) is 241 Å². The molecule has 0 spiro atoms. The van der Waals surface area contributed by atoms with Gasteiger partial charge < -0.3 is 9.13 Å². The number of benzene rings is 10. The van der Waals surface area contributed by atoms with E-state index < -0.39 is 0 Å². The van der Waals surface area contributed by atoms with Crippen molar-refractivity contribution < 1.29 is 0 Å². The van der Waals surface area contributed by atoms with Crippen molar-refractivity contribution in [1.82, 2.24) is 9.13 Å². The molecule has 2 heteroatoms. The second-order valence-corrected chi connectivity index (χ2v) is 19.6. The molecule has 0 radical (unpaired) electrons. The molecule has 0 bridgehead atoms. The molecule has 1 unspecified atom stereocenters. The summed E-state index contributed by atoms with van der Waals surface area (Å²) in [6.45, 7) is 7.07. The standard InChI is InChI=1S/C66H48N2/c1-4-49-50-19-11-12-20-51(50)56-39-64-58(37-55(49)56)53-33-27-45(41-15-7-5-8-16-41)35-62(53)67(64)47-29-23-43(24-30-47)44-25-31-48(32-26-44)68-63-36-46(42-17-9-6-10-18-42)28-34-54(63)59-38-61-57(40-65(59)68)52-21-13-14-22-60(52)66(61,2)3/h5-40,49H,4H2,1-3H3. The lowest BCUT2D eigenvalue weighted by Gasteiger charge is -2.21. The monoisotopic (exact) mass is 868 g/mol. The topological polar surface area (TPSA) is 9.86 Å². The lowest BCUT2D eigenvalue weighted by Crippen LogP contribution is -2.14. The molecule has 0 amide bonds. The minimum atomic E-state index is -0.0765. The summed E-state index contributed by atoms with van der Waals surface area (Å²) >= 11 is 0. The van der Waals surface area contributed by atoms with Crippen LogP contribution in [0.4, 0.5) is 0 Å². The third kappa shape index (κ3) is 5.64. The van der Waals surface area contributed by atoms with Gasteiger partial charge in [-0.3, -0.25) is 0 Å². The van der Waals surface area contributed by atoms with Crippen molar-refractivity contribution in [2.45, 2.75) is 38.5 Å². The van der Waals surface area contributed by atoms with Gasteiger partial charge in [0.05, 0.1) is 22.1 Å². The van der Waals surface area contributed by atoms with Crippen LogP contribution in [-0.4, -0.2) is 9.13 Å². The zero-order valence-corrected chi connectivity index (χ0v) is 38.5. The third-order valence-electron chi connectivity index (χ3n) is 15.6. The Kier molecular flexibility index (Phi) is 8.40. The first kappa shape index (κ1) is 39.0. The maximum absolute atomic E-state index is 2.50. The Hall–Kier alpha value is -8.20. The number of rotatable bonds is 6. The molecule has 0 saturated heterocycles. The lowest BCUT2D eigenvalue weighted by molar-refractivity contribution is 0.661. The number of nitrogens with zero attached hydrogens (tertiary/aromatic N) is 2. The van der Waals surface area contributed by atoms with Gasteiger partial charge in [-0.1, -0.05) is 178 Å². The normalized spacial score (nSPS) is 14.4. The molecule has 2 aliphatic rings. The van der Waals surface area contributed by atoms with E-state index >= 15 is 0 Å².